The van der Waals surface area contributed by atoms with Gasteiger partial charge in [0.1, 0.15) is 5.75 Å². The molecule has 0 heterocycles. The average Bonchev–Trinajstić information content (AvgIpc) is 2.18. The highest BCUT2D eigenvalue weighted by molar-refractivity contribution is 6.58. The first kappa shape index (κ1) is 10.6. The molecule has 0 aromatic heterocycles. The molecule has 4 nitrogen and oxygen atoms in total. The summed E-state index contributed by atoms with van der Waals surface area (Å²) in [6.07, 6.45) is 0.241. The molecule has 0 aliphatic carbocycles. The van der Waals surface area contributed by atoms with Crippen molar-refractivity contribution in [1.29, 1.82) is 5.26 Å². The summed E-state index contributed by atoms with van der Waals surface area (Å²) < 4.78 is 5.02. The number of hydrogen-bond acceptors (Lipinski definition) is 4. The van der Waals surface area contributed by atoms with E-state index in [1.54, 1.807) is 12.1 Å². The Morgan fingerprint density at radius 1 is 1.50 bits per heavy atom. The van der Waals surface area contributed by atoms with E-state index in [0.29, 0.717) is 11.2 Å². The lowest BCUT2D eigenvalue weighted by Crippen LogP contribution is -2.29. The zero-order chi connectivity index (χ0) is 10.6. The van der Waals surface area contributed by atoms with E-state index in [-0.39, 0.29) is 6.42 Å². The molecule has 0 aliphatic heterocycles. The largest absolute Gasteiger partial charge is 0.496 e. The van der Waals surface area contributed by atoms with Gasteiger partial charge in [-0.1, -0.05) is 12.1 Å². The molecular formula is C9H10BNO3. The summed E-state index contributed by atoms with van der Waals surface area (Å²) in [5.74, 6) is 0.497. The Morgan fingerprint density at radius 3 is 2.71 bits per heavy atom. The first-order chi connectivity index (χ1) is 6.69. The van der Waals surface area contributed by atoms with Gasteiger partial charge >= 0.3 is 7.12 Å². The maximum absolute atomic E-state index is 8.90. The number of hydrogen-bond donors (Lipinski definition) is 2. The molecule has 0 fully saturated rings. The number of benzene rings is 1. The van der Waals surface area contributed by atoms with Crippen LogP contribution in [0.15, 0.2) is 18.2 Å². The third-order valence-electron chi connectivity index (χ3n) is 1.88. The summed E-state index contributed by atoms with van der Waals surface area (Å²) in [6, 6.07) is 6.72. The number of ether oxygens (including phenoxy) is 1. The van der Waals surface area contributed by atoms with Crippen LogP contribution in [-0.4, -0.2) is 24.3 Å². The van der Waals surface area contributed by atoms with Gasteiger partial charge in [0.25, 0.3) is 0 Å². The molecule has 14 heavy (non-hydrogen) atoms. The van der Waals surface area contributed by atoms with E-state index in [1.807, 2.05) is 6.07 Å². The smallest absolute Gasteiger partial charge is 0.488 e. The monoisotopic (exact) mass is 191 g/mol. The van der Waals surface area contributed by atoms with Crippen molar-refractivity contribution in [3.05, 3.63) is 23.8 Å². The van der Waals surface area contributed by atoms with Gasteiger partial charge in [0.15, 0.2) is 0 Å². The molecule has 0 unspecified atom stereocenters. The second kappa shape index (κ2) is 4.65. The van der Waals surface area contributed by atoms with Gasteiger partial charge < -0.3 is 14.8 Å². The predicted octanol–water partition coefficient (Wildman–Crippen LogP) is -0.559. The lowest BCUT2D eigenvalue weighted by atomic mass is 9.79. The van der Waals surface area contributed by atoms with Gasteiger partial charge in [-0.15, -0.1) is 0 Å². The summed E-state index contributed by atoms with van der Waals surface area (Å²) in [4.78, 5) is 0. The summed E-state index contributed by atoms with van der Waals surface area (Å²) in [5, 5.41) is 26.3. The minimum atomic E-state index is -1.51. The van der Waals surface area contributed by atoms with E-state index in [9.17, 15) is 0 Å². The van der Waals surface area contributed by atoms with E-state index in [0.717, 1.165) is 5.56 Å². The first-order valence-electron chi connectivity index (χ1n) is 4.09. The van der Waals surface area contributed by atoms with Crippen molar-refractivity contribution in [3.63, 3.8) is 0 Å². The van der Waals surface area contributed by atoms with E-state index >= 15 is 0 Å². The molecule has 72 valence electrons. The average molecular weight is 191 g/mol. The molecule has 0 saturated heterocycles. The highest BCUT2D eigenvalue weighted by Gasteiger charge is 2.13. The van der Waals surface area contributed by atoms with Gasteiger partial charge in [0.2, 0.25) is 0 Å². The van der Waals surface area contributed by atoms with E-state index in [4.69, 9.17) is 20.0 Å². The Balaban J connectivity index is 3.06. The van der Waals surface area contributed by atoms with Crippen LogP contribution in [0.2, 0.25) is 0 Å². The quantitative estimate of drug-likeness (QED) is 0.628. The van der Waals surface area contributed by atoms with Crippen molar-refractivity contribution < 1.29 is 14.8 Å². The summed E-state index contributed by atoms with van der Waals surface area (Å²) in [5.41, 5.74) is 1.09. The Morgan fingerprint density at radius 2 is 2.21 bits per heavy atom. The third kappa shape index (κ3) is 2.25. The Hall–Kier alpha value is -1.51. The zero-order valence-electron chi connectivity index (χ0n) is 7.77. The number of rotatable bonds is 3. The van der Waals surface area contributed by atoms with Crippen molar-refractivity contribution in [2.24, 2.45) is 0 Å². The van der Waals surface area contributed by atoms with Crippen LogP contribution >= 0.6 is 0 Å². The summed E-state index contributed by atoms with van der Waals surface area (Å²) in [7, 11) is -0.0379. The first-order valence-corrected chi connectivity index (χ1v) is 4.09. The molecule has 0 amide bonds. The molecule has 0 radical (unpaired) electrons. The minimum absolute atomic E-state index is 0.241. The fraction of sp³-hybridized carbons (Fsp3) is 0.222. The molecule has 0 spiro atoms. The highest BCUT2D eigenvalue weighted by atomic mass is 16.5. The van der Waals surface area contributed by atoms with Crippen LogP contribution < -0.4 is 10.2 Å². The fourth-order valence-corrected chi connectivity index (χ4v) is 1.15. The number of nitrogens with zero attached hydrogens (tertiary/aromatic N) is 1. The normalized spacial score (nSPS) is 9.29. The molecule has 1 rings (SSSR count). The van der Waals surface area contributed by atoms with Crippen LogP contribution in [0.1, 0.15) is 5.56 Å². The van der Waals surface area contributed by atoms with Gasteiger partial charge in [0.05, 0.1) is 19.6 Å². The Kier molecular flexibility index (Phi) is 3.51. The standard InChI is InChI=1S/C9H10BNO3/c1-14-9-6-8(10(12)13)3-2-7(9)4-5-11/h2-3,6,12-13H,4H2,1H3. The molecule has 0 aliphatic rings. The van der Waals surface area contributed by atoms with Crippen LogP contribution in [0, 0.1) is 11.3 Å². The second-order valence-electron chi connectivity index (χ2n) is 2.78. The third-order valence-corrected chi connectivity index (χ3v) is 1.88. The SMILES string of the molecule is COc1cc(B(O)O)ccc1CC#N. The summed E-state index contributed by atoms with van der Waals surface area (Å²) >= 11 is 0. The van der Waals surface area contributed by atoms with E-state index in [1.165, 1.54) is 13.2 Å². The zero-order valence-corrected chi connectivity index (χ0v) is 7.77. The van der Waals surface area contributed by atoms with Crippen LogP contribution in [0.4, 0.5) is 0 Å². The van der Waals surface area contributed by atoms with Gasteiger partial charge in [-0.2, -0.15) is 5.26 Å². The van der Waals surface area contributed by atoms with Crippen molar-refractivity contribution in [3.8, 4) is 11.8 Å². The Bertz CT molecular complexity index is 360. The minimum Gasteiger partial charge on any atom is -0.496 e. The van der Waals surface area contributed by atoms with Gasteiger partial charge in [-0.05, 0) is 11.5 Å². The highest BCUT2D eigenvalue weighted by Crippen LogP contribution is 2.16. The van der Waals surface area contributed by atoms with Crippen molar-refractivity contribution in [2.75, 3.05) is 7.11 Å². The molecule has 5 heteroatoms. The van der Waals surface area contributed by atoms with Crippen LogP contribution in [0.25, 0.3) is 0 Å². The van der Waals surface area contributed by atoms with Gasteiger partial charge in [-0.25, -0.2) is 0 Å². The predicted molar refractivity (Wildman–Crippen MR) is 52.1 cm³/mol. The number of nitriles is 1. The van der Waals surface area contributed by atoms with E-state index in [2.05, 4.69) is 0 Å². The summed E-state index contributed by atoms with van der Waals surface area (Å²) in [6.45, 7) is 0. The topological polar surface area (TPSA) is 73.5 Å². The Labute approximate surface area is 82.5 Å². The maximum atomic E-state index is 8.90. The lowest BCUT2D eigenvalue weighted by molar-refractivity contribution is 0.408. The molecular weight excluding hydrogens is 181 g/mol. The van der Waals surface area contributed by atoms with Crippen molar-refractivity contribution >= 4 is 12.6 Å². The van der Waals surface area contributed by atoms with E-state index < -0.39 is 7.12 Å². The number of methoxy groups -OCH3 is 1. The fourth-order valence-electron chi connectivity index (χ4n) is 1.15. The molecule has 0 saturated carbocycles. The van der Waals surface area contributed by atoms with Gasteiger partial charge in [-0.3, -0.25) is 0 Å². The molecule has 1 aromatic carbocycles. The molecule has 0 bridgehead atoms. The van der Waals surface area contributed by atoms with Crippen LogP contribution in [-0.2, 0) is 6.42 Å². The van der Waals surface area contributed by atoms with Gasteiger partial charge in [0, 0.05) is 5.56 Å². The molecule has 0 atom stereocenters. The van der Waals surface area contributed by atoms with Crippen LogP contribution in [0.5, 0.6) is 5.75 Å². The van der Waals surface area contributed by atoms with Crippen molar-refractivity contribution in [2.45, 2.75) is 6.42 Å². The van der Waals surface area contributed by atoms with Crippen LogP contribution in [0.3, 0.4) is 0 Å². The lowest BCUT2D eigenvalue weighted by Gasteiger charge is -2.07. The second-order valence-corrected chi connectivity index (χ2v) is 2.78. The molecule has 2 N–H and O–H groups in total. The van der Waals surface area contributed by atoms with Crippen molar-refractivity contribution in [1.82, 2.24) is 0 Å². The maximum Gasteiger partial charge on any atom is 0.488 e. The molecule has 1 aromatic rings.